The number of hydrogen-bond donors (Lipinski definition) is 2. The van der Waals surface area contributed by atoms with Gasteiger partial charge in [0.05, 0.1) is 6.04 Å². The Morgan fingerprint density at radius 2 is 2.10 bits per heavy atom. The Labute approximate surface area is 123 Å². The second-order valence-electron chi connectivity index (χ2n) is 5.72. The monoisotopic (exact) mass is 299 g/mol. The van der Waals surface area contributed by atoms with E-state index in [-0.39, 0.29) is 5.75 Å². The van der Waals surface area contributed by atoms with Crippen molar-refractivity contribution in [3.05, 3.63) is 41.7 Å². The summed E-state index contributed by atoms with van der Waals surface area (Å²) in [5, 5.41) is 10.2. The van der Waals surface area contributed by atoms with Crippen molar-refractivity contribution < 1.29 is 14.0 Å². The van der Waals surface area contributed by atoms with Crippen LogP contribution in [-0.2, 0) is 17.8 Å². The molecule has 1 aromatic rings. The van der Waals surface area contributed by atoms with Crippen LogP contribution in [-0.4, -0.2) is 14.4 Å². The van der Waals surface area contributed by atoms with Gasteiger partial charge in [0.25, 0.3) is 0 Å². The number of halogens is 1. The summed E-state index contributed by atoms with van der Waals surface area (Å²) in [4.78, 5) is 0. The molecule has 0 heterocycles. The summed E-state index contributed by atoms with van der Waals surface area (Å²) in [6.45, 7) is 10.9. The van der Waals surface area contributed by atoms with Crippen molar-refractivity contribution in [3.8, 4) is 5.75 Å². The molecule has 0 aromatic heterocycles. The van der Waals surface area contributed by atoms with E-state index in [0.717, 1.165) is 0 Å². The highest BCUT2D eigenvalue weighted by Crippen LogP contribution is 2.31. The zero-order valence-corrected chi connectivity index (χ0v) is 13.2. The number of nitrogens with one attached hydrogen (secondary N) is 1. The third-order valence-corrected chi connectivity index (χ3v) is 4.53. The lowest BCUT2D eigenvalue weighted by Gasteiger charge is -2.27. The normalized spacial score (nSPS) is 14.9. The van der Waals surface area contributed by atoms with Crippen molar-refractivity contribution in [1.82, 2.24) is 4.72 Å². The number of hydrogen-bond acceptors (Lipinski definition) is 3. The standard InChI is InChI=1S/C15H22FNO2S/c1-6-7-11-8-12(16)9-13(14(11)18)10(2)17-20(19)15(3,4)5/h6,8-10,17-18H,1,7H2,2-5H3/t10?,20-/m1/s1. The van der Waals surface area contributed by atoms with Crippen LogP contribution < -0.4 is 4.72 Å². The van der Waals surface area contributed by atoms with Gasteiger partial charge in [-0.2, -0.15) is 0 Å². The Bertz CT molecular complexity index is 485. The second-order valence-corrected chi connectivity index (χ2v) is 7.71. The van der Waals surface area contributed by atoms with E-state index in [1.54, 1.807) is 13.0 Å². The van der Waals surface area contributed by atoms with Crippen molar-refractivity contribution in [2.75, 3.05) is 0 Å². The fraction of sp³-hybridized carbons (Fsp3) is 0.467. The summed E-state index contributed by atoms with van der Waals surface area (Å²) in [6.07, 6.45) is 1.98. The quantitative estimate of drug-likeness (QED) is 0.647. The fourth-order valence-electron chi connectivity index (χ4n) is 1.72. The number of benzene rings is 1. The van der Waals surface area contributed by atoms with Gasteiger partial charge in [-0.05, 0) is 46.2 Å². The third kappa shape index (κ3) is 4.23. The maximum atomic E-state index is 13.6. The molecule has 1 unspecified atom stereocenters. The van der Waals surface area contributed by atoms with Crippen molar-refractivity contribution >= 4 is 11.4 Å². The van der Waals surface area contributed by atoms with Crippen LogP contribution in [0, 0.1) is 5.82 Å². The molecule has 1 rings (SSSR count). The predicted molar refractivity (Wildman–Crippen MR) is 81.4 cm³/mol. The Balaban J connectivity index is 3.03. The van der Waals surface area contributed by atoms with Gasteiger partial charge in [-0.1, -0.05) is 6.08 Å². The highest BCUT2D eigenvalue weighted by molar-refractivity contribution is 7.90. The van der Waals surface area contributed by atoms with Crippen molar-refractivity contribution in [3.63, 3.8) is 0 Å². The summed E-state index contributed by atoms with van der Waals surface area (Å²) in [5.74, 6) is -0.401. The summed E-state index contributed by atoms with van der Waals surface area (Å²) in [7, 11) is 0. The maximum Gasteiger partial charge on any atom is 0.136 e. The molecular weight excluding hydrogens is 277 g/mol. The number of phenolic OH excluding ortho intramolecular Hbond substituents is 1. The van der Waals surface area contributed by atoms with Crippen molar-refractivity contribution in [2.24, 2.45) is 0 Å². The molecule has 0 aliphatic carbocycles. The first-order valence-corrected chi connectivity index (χ1v) is 7.62. The number of phenols is 1. The van der Waals surface area contributed by atoms with Gasteiger partial charge in [0.1, 0.15) is 16.3 Å². The lowest BCUT2D eigenvalue weighted by Crippen LogP contribution is -2.40. The van der Waals surface area contributed by atoms with E-state index >= 15 is 0 Å². The van der Waals surface area contributed by atoms with E-state index in [4.69, 9.17) is 0 Å². The molecule has 0 radical (unpaired) electrons. The molecule has 0 saturated heterocycles. The molecule has 2 N–H and O–H groups in total. The van der Waals surface area contributed by atoms with E-state index in [0.29, 0.717) is 17.5 Å². The molecule has 0 amide bonds. The van der Waals surface area contributed by atoms with Gasteiger partial charge in [-0.15, -0.1) is 11.3 Å². The third-order valence-electron chi connectivity index (χ3n) is 2.85. The molecule has 0 saturated carbocycles. The van der Waals surface area contributed by atoms with Crippen LogP contribution in [0.5, 0.6) is 5.75 Å². The van der Waals surface area contributed by atoms with Crippen LogP contribution in [0.1, 0.15) is 44.9 Å². The van der Waals surface area contributed by atoms with Crippen LogP contribution in [0.2, 0.25) is 0 Å². The van der Waals surface area contributed by atoms with E-state index in [9.17, 15) is 14.0 Å². The van der Waals surface area contributed by atoms with E-state index < -0.39 is 28.0 Å². The van der Waals surface area contributed by atoms with Gasteiger partial charge in [0.15, 0.2) is 0 Å². The lowest BCUT2D eigenvalue weighted by atomic mass is 10.0. The van der Waals surface area contributed by atoms with E-state index in [1.807, 2.05) is 20.8 Å². The lowest BCUT2D eigenvalue weighted by molar-refractivity contribution is 0.450. The largest absolute Gasteiger partial charge is 0.598 e. The molecule has 5 heteroatoms. The van der Waals surface area contributed by atoms with Crippen molar-refractivity contribution in [2.45, 2.75) is 44.9 Å². The average molecular weight is 299 g/mol. The minimum absolute atomic E-state index is 0.0252. The summed E-state index contributed by atoms with van der Waals surface area (Å²) in [5.41, 5.74) is 0.879. The molecule has 0 aliphatic heterocycles. The maximum absolute atomic E-state index is 13.6. The highest BCUT2D eigenvalue weighted by Gasteiger charge is 2.29. The van der Waals surface area contributed by atoms with Gasteiger partial charge in [0.2, 0.25) is 0 Å². The molecule has 1 aromatic carbocycles. The SMILES string of the molecule is C=CCc1cc(F)cc(C(C)N[S@+]([O-])C(C)(C)C)c1O. The fourth-order valence-corrected chi connectivity index (χ4v) is 2.52. The predicted octanol–water partition coefficient (Wildman–Crippen LogP) is 3.37. The topological polar surface area (TPSA) is 55.3 Å². The molecular formula is C15H22FNO2S. The molecule has 0 bridgehead atoms. The Morgan fingerprint density at radius 1 is 1.50 bits per heavy atom. The minimum atomic E-state index is -1.30. The average Bonchev–Trinajstić information content (AvgIpc) is 2.32. The molecule has 0 fully saturated rings. The Morgan fingerprint density at radius 3 is 2.60 bits per heavy atom. The number of rotatable bonds is 5. The first kappa shape index (κ1) is 17.0. The molecule has 0 aliphatic rings. The zero-order valence-electron chi connectivity index (χ0n) is 12.4. The molecule has 3 nitrogen and oxygen atoms in total. The van der Waals surface area contributed by atoms with E-state index in [1.165, 1.54) is 12.1 Å². The summed E-state index contributed by atoms with van der Waals surface area (Å²) in [6, 6.07) is 2.13. The van der Waals surface area contributed by atoms with Crippen LogP contribution in [0.25, 0.3) is 0 Å². The van der Waals surface area contributed by atoms with E-state index in [2.05, 4.69) is 11.3 Å². The van der Waals surface area contributed by atoms with Gasteiger partial charge in [-0.3, -0.25) is 0 Å². The van der Waals surface area contributed by atoms with Gasteiger partial charge in [0, 0.05) is 22.5 Å². The minimum Gasteiger partial charge on any atom is -0.598 e. The summed E-state index contributed by atoms with van der Waals surface area (Å²) < 4.78 is 28.1. The molecule has 112 valence electrons. The van der Waals surface area contributed by atoms with Crippen molar-refractivity contribution in [1.29, 1.82) is 0 Å². The number of aromatic hydroxyl groups is 1. The van der Waals surface area contributed by atoms with Crippen LogP contribution in [0.15, 0.2) is 24.8 Å². The van der Waals surface area contributed by atoms with Gasteiger partial charge in [-0.25, -0.2) is 4.39 Å². The van der Waals surface area contributed by atoms with Crippen LogP contribution in [0.4, 0.5) is 4.39 Å². The highest BCUT2D eigenvalue weighted by atomic mass is 32.2. The Kier molecular flexibility index (Phi) is 5.62. The van der Waals surface area contributed by atoms with Crippen LogP contribution >= 0.6 is 0 Å². The first-order valence-electron chi connectivity index (χ1n) is 6.47. The molecule has 0 spiro atoms. The molecule has 2 atom stereocenters. The zero-order chi connectivity index (χ0) is 15.5. The van der Waals surface area contributed by atoms with Gasteiger partial charge < -0.3 is 9.66 Å². The molecule has 20 heavy (non-hydrogen) atoms. The first-order chi connectivity index (χ1) is 9.16. The van der Waals surface area contributed by atoms with Gasteiger partial charge >= 0.3 is 0 Å². The van der Waals surface area contributed by atoms with Crippen LogP contribution in [0.3, 0.4) is 0 Å². The number of allylic oxidation sites excluding steroid dienone is 1. The smallest absolute Gasteiger partial charge is 0.136 e. The second kappa shape index (κ2) is 6.61. The summed E-state index contributed by atoms with van der Waals surface area (Å²) >= 11 is -1.30. The Hall–Kier alpha value is -1.04.